The zero-order valence-electron chi connectivity index (χ0n) is 9.91. The first-order chi connectivity index (χ1) is 7.49. The molecule has 1 aromatic rings. The lowest BCUT2D eigenvalue weighted by atomic mass is 10.00. The maximum atomic E-state index is 13.5. The second-order valence-corrected chi connectivity index (χ2v) is 5.25. The standard InChI is InChI=1S/C13H19FN2/c1-13(2)7-11(15)9-16(13)8-10-5-3-4-6-12(10)14/h3-6,11H,7-9,15H2,1-2H3. The van der Waals surface area contributed by atoms with E-state index in [1.165, 1.54) is 6.07 Å². The highest BCUT2D eigenvalue weighted by atomic mass is 19.1. The molecule has 1 saturated heterocycles. The van der Waals surface area contributed by atoms with Gasteiger partial charge in [0.05, 0.1) is 0 Å². The molecule has 2 nitrogen and oxygen atoms in total. The first-order valence-corrected chi connectivity index (χ1v) is 5.73. The van der Waals surface area contributed by atoms with Gasteiger partial charge in [0, 0.05) is 30.2 Å². The Morgan fingerprint density at radius 3 is 2.69 bits per heavy atom. The van der Waals surface area contributed by atoms with Gasteiger partial charge >= 0.3 is 0 Å². The van der Waals surface area contributed by atoms with Crippen LogP contribution in [0.5, 0.6) is 0 Å². The molecular formula is C13H19FN2. The van der Waals surface area contributed by atoms with E-state index in [9.17, 15) is 4.39 Å². The molecule has 1 aromatic carbocycles. The molecule has 1 aliphatic heterocycles. The molecule has 3 heteroatoms. The molecule has 1 aliphatic rings. The van der Waals surface area contributed by atoms with Crippen LogP contribution >= 0.6 is 0 Å². The van der Waals surface area contributed by atoms with Crippen molar-refractivity contribution in [2.75, 3.05) is 6.54 Å². The van der Waals surface area contributed by atoms with Crippen molar-refractivity contribution < 1.29 is 4.39 Å². The van der Waals surface area contributed by atoms with Gasteiger partial charge in [-0.25, -0.2) is 4.39 Å². The van der Waals surface area contributed by atoms with E-state index >= 15 is 0 Å². The van der Waals surface area contributed by atoms with Gasteiger partial charge in [-0.1, -0.05) is 18.2 Å². The molecule has 2 N–H and O–H groups in total. The summed E-state index contributed by atoms with van der Waals surface area (Å²) in [5, 5.41) is 0. The van der Waals surface area contributed by atoms with Gasteiger partial charge in [-0.2, -0.15) is 0 Å². The zero-order valence-corrected chi connectivity index (χ0v) is 9.91. The van der Waals surface area contributed by atoms with Crippen LogP contribution in [0, 0.1) is 5.82 Å². The summed E-state index contributed by atoms with van der Waals surface area (Å²) < 4.78 is 13.5. The van der Waals surface area contributed by atoms with Gasteiger partial charge < -0.3 is 5.73 Å². The van der Waals surface area contributed by atoms with Gasteiger partial charge in [-0.15, -0.1) is 0 Å². The molecule has 88 valence electrons. The number of halogens is 1. The normalized spacial score (nSPS) is 24.9. The van der Waals surface area contributed by atoms with Crippen molar-refractivity contribution in [3.63, 3.8) is 0 Å². The summed E-state index contributed by atoms with van der Waals surface area (Å²) >= 11 is 0. The van der Waals surface area contributed by atoms with Crippen LogP contribution in [0.3, 0.4) is 0 Å². The summed E-state index contributed by atoms with van der Waals surface area (Å²) in [6.07, 6.45) is 0.974. The van der Waals surface area contributed by atoms with Crippen LogP contribution in [0.2, 0.25) is 0 Å². The van der Waals surface area contributed by atoms with Gasteiger partial charge in [0.25, 0.3) is 0 Å². The van der Waals surface area contributed by atoms with E-state index in [-0.39, 0.29) is 17.4 Å². The molecule has 0 radical (unpaired) electrons. The summed E-state index contributed by atoms with van der Waals surface area (Å²) in [6, 6.07) is 7.16. The third kappa shape index (κ3) is 2.25. The first-order valence-electron chi connectivity index (χ1n) is 5.73. The van der Waals surface area contributed by atoms with Crippen molar-refractivity contribution in [3.8, 4) is 0 Å². The first kappa shape index (κ1) is 11.6. The Morgan fingerprint density at radius 2 is 2.12 bits per heavy atom. The summed E-state index contributed by atoms with van der Waals surface area (Å²) in [5.74, 6) is -0.126. The minimum atomic E-state index is -0.126. The molecule has 0 saturated carbocycles. The minimum absolute atomic E-state index is 0.0711. The van der Waals surface area contributed by atoms with Gasteiger partial charge in [-0.05, 0) is 26.3 Å². The molecule has 1 unspecified atom stereocenters. The monoisotopic (exact) mass is 222 g/mol. The van der Waals surface area contributed by atoms with E-state index in [0.29, 0.717) is 6.54 Å². The number of nitrogens with two attached hydrogens (primary N) is 1. The zero-order chi connectivity index (χ0) is 11.8. The predicted molar refractivity (Wildman–Crippen MR) is 63.5 cm³/mol. The Kier molecular flexibility index (Phi) is 3.00. The Bertz CT molecular complexity index is 376. The number of hydrogen-bond acceptors (Lipinski definition) is 2. The molecule has 0 spiro atoms. The highest BCUT2D eigenvalue weighted by Crippen LogP contribution is 2.29. The van der Waals surface area contributed by atoms with E-state index in [4.69, 9.17) is 5.73 Å². The third-order valence-corrected chi connectivity index (χ3v) is 3.39. The Morgan fingerprint density at radius 1 is 1.44 bits per heavy atom. The van der Waals surface area contributed by atoms with Crippen LogP contribution < -0.4 is 5.73 Å². The lowest BCUT2D eigenvalue weighted by Gasteiger charge is -2.31. The van der Waals surface area contributed by atoms with E-state index in [0.717, 1.165) is 18.5 Å². The fourth-order valence-electron chi connectivity index (χ4n) is 2.48. The summed E-state index contributed by atoms with van der Waals surface area (Å²) in [6.45, 7) is 5.83. The van der Waals surface area contributed by atoms with Gasteiger partial charge in [0.2, 0.25) is 0 Å². The summed E-state index contributed by atoms with van der Waals surface area (Å²) in [5.41, 5.74) is 6.78. The topological polar surface area (TPSA) is 29.3 Å². The van der Waals surface area contributed by atoms with Crippen LogP contribution in [-0.4, -0.2) is 23.0 Å². The summed E-state index contributed by atoms with van der Waals surface area (Å²) in [4.78, 5) is 2.26. The third-order valence-electron chi connectivity index (χ3n) is 3.39. The van der Waals surface area contributed by atoms with E-state index < -0.39 is 0 Å². The molecule has 1 heterocycles. The maximum Gasteiger partial charge on any atom is 0.127 e. The van der Waals surface area contributed by atoms with E-state index in [1.807, 2.05) is 12.1 Å². The smallest absolute Gasteiger partial charge is 0.127 e. The quantitative estimate of drug-likeness (QED) is 0.830. The van der Waals surface area contributed by atoms with Crippen LogP contribution in [0.1, 0.15) is 25.8 Å². The molecule has 16 heavy (non-hydrogen) atoms. The lowest BCUT2D eigenvalue weighted by Crippen LogP contribution is -2.37. The molecule has 0 aromatic heterocycles. The van der Waals surface area contributed by atoms with Crippen molar-refractivity contribution in [1.82, 2.24) is 4.90 Å². The number of rotatable bonds is 2. The maximum absolute atomic E-state index is 13.5. The van der Waals surface area contributed by atoms with Gasteiger partial charge in [-0.3, -0.25) is 4.90 Å². The lowest BCUT2D eigenvalue weighted by molar-refractivity contribution is 0.164. The minimum Gasteiger partial charge on any atom is -0.326 e. The SMILES string of the molecule is CC1(C)CC(N)CN1Cc1ccccc1F. The Balaban J connectivity index is 2.14. The number of likely N-dealkylation sites (tertiary alicyclic amines) is 1. The Labute approximate surface area is 96.2 Å². The van der Waals surface area contributed by atoms with Crippen LogP contribution in [0.25, 0.3) is 0 Å². The fraction of sp³-hybridized carbons (Fsp3) is 0.538. The van der Waals surface area contributed by atoms with E-state index in [1.54, 1.807) is 6.07 Å². The molecular weight excluding hydrogens is 203 g/mol. The molecule has 2 rings (SSSR count). The Hall–Kier alpha value is -0.930. The molecule has 1 fully saturated rings. The van der Waals surface area contributed by atoms with E-state index in [2.05, 4.69) is 18.7 Å². The number of nitrogens with zero attached hydrogens (tertiary/aromatic N) is 1. The van der Waals surface area contributed by atoms with Crippen molar-refractivity contribution in [3.05, 3.63) is 35.6 Å². The van der Waals surface area contributed by atoms with Crippen molar-refractivity contribution in [2.24, 2.45) is 5.73 Å². The molecule has 0 bridgehead atoms. The molecule has 0 aliphatic carbocycles. The highest BCUT2D eigenvalue weighted by Gasteiger charge is 2.36. The largest absolute Gasteiger partial charge is 0.326 e. The number of benzene rings is 1. The molecule has 0 amide bonds. The second kappa shape index (κ2) is 4.15. The number of hydrogen-bond donors (Lipinski definition) is 1. The van der Waals surface area contributed by atoms with Crippen molar-refractivity contribution in [1.29, 1.82) is 0 Å². The fourth-order valence-corrected chi connectivity index (χ4v) is 2.48. The van der Waals surface area contributed by atoms with Gasteiger partial charge in [0.1, 0.15) is 5.82 Å². The molecule has 1 atom stereocenters. The predicted octanol–water partition coefficient (Wildman–Crippen LogP) is 2.14. The van der Waals surface area contributed by atoms with Crippen molar-refractivity contribution in [2.45, 2.75) is 38.4 Å². The van der Waals surface area contributed by atoms with Crippen molar-refractivity contribution >= 4 is 0 Å². The van der Waals surface area contributed by atoms with Gasteiger partial charge in [0.15, 0.2) is 0 Å². The van der Waals surface area contributed by atoms with Crippen LogP contribution in [0.4, 0.5) is 4.39 Å². The average molecular weight is 222 g/mol. The average Bonchev–Trinajstić information content (AvgIpc) is 2.43. The summed E-state index contributed by atoms with van der Waals surface area (Å²) in [7, 11) is 0. The van der Waals surface area contributed by atoms with Crippen LogP contribution in [-0.2, 0) is 6.54 Å². The van der Waals surface area contributed by atoms with Crippen LogP contribution in [0.15, 0.2) is 24.3 Å². The second-order valence-electron chi connectivity index (χ2n) is 5.25. The highest BCUT2D eigenvalue weighted by molar-refractivity contribution is 5.18.